The molecule has 0 fully saturated rings. The molecule has 1 aromatic heterocycles. The highest BCUT2D eigenvalue weighted by Gasteiger charge is 2.10. The smallest absolute Gasteiger partial charge is 0.0929 e. The molecular formula is C16H19N3. The van der Waals surface area contributed by atoms with Gasteiger partial charge in [-0.05, 0) is 61.6 Å². The van der Waals surface area contributed by atoms with Gasteiger partial charge in [0.25, 0.3) is 0 Å². The van der Waals surface area contributed by atoms with E-state index < -0.39 is 0 Å². The van der Waals surface area contributed by atoms with Crippen molar-refractivity contribution in [2.75, 3.05) is 6.54 Å². The molecule has 0 spiro atoms. The van der Waals surface area contributed by atoms with Crippen LogP contribution in [-0.4, -0.2) is 16.7 Å². The van der Waals surface area contributed by atoms with Crippen LogP contribution in [0.15, 0.2) is 30.3 Å². The second kappa shape index (κ2) is 5.49. The van der Waals surface area contributed by atoms with Gasteiger partial charge in [-0.25, -0.2) is 0 Å². The largest absolute Gasteiger partial charge is 0.330 e. The zero-order valence-electron chi connectivity index (χ0n) is 11.1. The Balaban J connectivity index is 1.89. The van der Waals surface area contributed by atoms with Crippen LogP contribution in [-0.2, 0) is 19.3 Å². The molecule has 0 radical (unpaired) electrons. The summed E-state index contributed by atoms with van der Waals surface area (Å²) in [6.07, 6.45) is 5.83. The fourth-order valence-electron chi connectivity index (χ4n) is 2.69. The molecule has 0 amide bonds. The maximum atomic E-state index is 5.52. The molecular weight excluding hydrogens is 234 g/mol. The van der Waals surface area contributed by atoms with Crippen LogP contribution in [0.1, 0.15) is 29.7 Å². The third kappa shape index (κ3) is 2.66. The van der Waals surface area contributed by atoms with E-state index in [1.807, 2.05) is 12.1 Å². The van der Waals surface area contributed by atoms with Gasteiger partial charge in [-0.3, -0.25) is 0 Å². The molecule has 0 unspecified atom stereocenters. The monoisotopic (exact) mass is 253 g/mol. The third-order valence-electron chi connectivity index (χ3n) is 3.76. The van der Waals surface area contributed by atoms with Gasteiger partial charge in [0.2, 0.25) is 0 Å². The molecule has 1 aliphatic rings. The van der Waals surface area contributed by atoms with Crippen LogP contribution in [0, 0.1) is 0 Å². The first-order valence-corrected chi connectivity index (χ1v) is 7.01. The second-order valence-corrected chi connectivity index (χ2v) is 5.14. The van der Waals surface area contributed by atoms with E-state index in [4.69, 9.17) is 5.73 Å². The number of aromatic nitrogens is 2. The Morgan fingerprint density at radius 2 is 1.79 bits per heavy atom. The van der Waals surface area contributed by atoms with E-state index in [0.717, 1.165) is 17.8 Å². The Morgan fingerprint density at radius 3 is 2.53 bits per heavy atom. The van der Waals surface area contributed by atoms with Crippen molar-refractivity contribution in [2.24, 2.45) is 5.73 Å². The molecule has 3 rings (SSSR count). The van der Waals surface area contributed by atoms with Gasteiger partial charge in [0.1, 0.15) is 0 Å². The summed E-state index contributed by atoms with van der Waals surface area (Å²) in [5.74, 6) is 0. The highest BCUT2D eigenvalue weighted by atomic mass is 15.1. The van der Waals surface area contributed by atoms with Crippen LogP contribution >= 0.6 is 0 Å². The van der Waals surface area contributed by atoms with Gasteiger partial charge in [-0.2, -0.15) is 10.2 Å². The molecule has 1 aliphatic carbocycles. The van der Waals surface area contributed by atoms with Gasteiger partial charge in [-0.15, -0.1) is 0 Å². The van der Waals surface area contributed by atoms with Gasteiger partial charge in [-0.1, -0.05) is 12.1 Å². The van der Waals surface area contributed by atoms with Gasteiger partial charge in [0.15, 0.2) is 0 Å². The van der Waals surface area contributed by atoms with Crippen molar-refractivity contribution in [2.45, 2.75) is 32.1 Å². The Bertz CT molecular complexity index is 561. The molecule has 1 aromatic carbocycles. The summed E-state index contributed by atoms with van der Waals surface area (Å²) in [5, 5.41) is 8.54. The average Bonchev–Trinajstić information content (AvgIpc) is 2.48. The van der Waals surface area contributed by atoms with E-state index in [1.54, 1.807) is 0 Å². The Morgan fingerprint density at radius 1 is 0.947 bits per heavy atom. The summed E-state index contributed by atoms with van der Waals surface area (Å²) in [7, 11) is 0. The number of fused-ring (bicyclic) bond motifs is 1. The van der Waals surface area contributed by atoms with Gasteiger partial charge >= 0.3 is 0 Å². The van der Waals surface area contributed by atoms with Crippen molar-refractivity contribution in [3.8, 4) is 11.3 Å². The third-order valence-corrected chi connectivity index (χ3v) is 3.76. The Hall–Kier alpha value is -1.74. The van der Waals surface area contributed by atoms with E-state index in [0.29, 0.717) is 6.54 Å². The molecule has 3 nitrogen and oxygen atoms in total. The van der Waals surface area contributed by atoms with Crippen molar-refractivity contribution in [1.82, 2.24) is 10.2 Å². The molecule has 19 heavy (non-hydrogen) atoms. The first-order valence-electron chi connectivity index (χ1n) is 7.01. The number of hydrogen-bond donors (Lipinski definition) is 1. The van der Waals surface area contributed by atoms with Crippen molar-refractivity contribution < 1.29 is 0 Å². The average molecular weight is 253 g/mol. The lowest BCUT2D eigenvalue weighted by atomic mass is 9.90. The molecule has 0 aliphatic heterocycles. The molecule has 2 N–H and O–H groups in total. The van der Waals surface area contributed by atoms with Crippen LogP contribution in [0.4, 0.5) is 0 Å². The lowest BCUT2D eigenvalue weighted by molar-refractivity contribution is 0.686. The van der Waals surface area contributed by atoms with Crippen LogP contribution < -0.4 is 5.73 Å². The SMILES string of the molecule is NCCc1ccc(-c2ccc3c(c2)CCCC3)nn1. The Kier molecular flexibility index (Phi) is 3.56. The molecule has 0 saturated carbocycles. The molecule has 98 valence electrons. The summed E-state index contributed by atoms with van der Waals surface area (Å²) in [6.45, 7) is 0.618. The molecule has 3 heteroatoms. The van der Waals surface area contributed by atoms with Crippen molar-refractivity contribution >= 4 is 0 Å². The van der Waals surface area contributed by atoms with Crippen molar-refractivity contribution in [3.05, 3.63) is 47.2 Å². The second-order valence-electron chi connectivity index (χ2n) is 5.14. The van der Waals surface area contributed by atoms with E-state index in [9.17, 15) is 0 Å². The van der Waals surface area contributed by atoms with Crippen LogP contribution in [0.5, 0.6) is 0 Å². The lowest BCUT2D eigenvalue weighted by Gasteiger charge is -2.16. The van der Waals surface area contributed by atoms with Crippen LogP contribution in [0.3, 0.4) is 0 Å². The molecule has 2 aromatic rings. The predicted molar refractivity (Wildman–Crippen MR) is 76.9 cm³/mol. The minimum absolute atomic E-state index is 0.618. The van der Waals surface area contributed by atoms with Gasteiger partial charge in [0.05, 0.1) is 11.4 Å². The normalized spacial score (nSPS) is 14.2. The van der Waals surface area contributed by atoms with E-state index in [2.05, 4.69) is 28.4 Å². The van der Waals surface area contributed by atoms with E-state index in [-0.39, 0.29) is 0 Å². The number of benzene rings is 1. The maximum absolute atomic E-state index is 5.52. The summed E-state index contributed by atoms with van der Waals surface area (Å²) < 4.78 is 0. The topological polar surface area (TPSA) is 51.8 Å². The number of nitrogens with two attached hydrogens (primary N) is 1. The van der Waals surface area contributed by atoms with Crippen molar-refractivity contribution in [3.63, 3.8) is 0 Å². The molecule has 0 saturated heterocycles. The molecule has 1 heterocycles. The minimum Gasteiger partial charge on any atom is -0.330 e. The number of rotatable bonds is 3. The number of hydrogen-bond acceptors (Lipinski definition) is 3. The standard InChI is InChI=1S/C16H19N3/c17-10-9-15-7-8-16(19-18-15)14-6-5-12-3-1-2-4-13(12)11-14/h5-8,11H,1-4,9-10,17H2. The van der Waals surface area contributed by atoms with Crippen LogP contribution in [0.2, 0.25) is 0 Å². The minimum atomic E-state index is 0.618. The zero-order chi connectivity index (χ0) is 13.1. The zero-order valence-corrected chi connectivity index (χ0v) is 11.1. The predicted octanol–water partition coefficient (Wildman–Crippen LogP) is 2.52. The number of aryl methyl sites for hydroxylation is 2. The number of nitrogens with zero attached hydrogens (tertiary/aromatic N) is 2. The quantitative estimate of drug-likeness (QED) is 0.914. The summed E-state index contributed by atoms with van der Waals surface area (Å²) in [5.41, 5.74) is 11.6. The fourth-order valence-corrected chi connectivity index (χ4v) is 2.69. The highest BCUT2D eigenvalue weighted by Crippen LogP contribution is 2.26. The maximum Gasteiger partial charge on any atom is 0.0929 e. The van der Waals surface area contributed by atoms with Crippen LogP contribution in [0.25, 0.3) is 11.3 Å². The summed E-state index contributed by atoms with van der Waals surface area (Å²) in [6, 6.07) is 10.8. The lowest BCUT2D eigenvalue weighted by Crippen LogP contribution is -2.05. The van der Waals surface area contributed by atoms with Gasteiger partial charge in [0, 0.05) is 12.0 Å². The first kappa shape index (κ1) is 12.3. The van der Waals surface area contributed by atoms with E-state index in [1.165, 1.54) is 42.4 Å². The summed E-state index contributed by atoms with van der Waals surface area (Å²) in [4.78, 5) is 0. The molecule has 0 bridgehead atoms. The van der Waals surface area contributed by atoms with Crippen molar-refractivity contribution in [1.29, 1.82) is 0 Å². The molecule has 0 atom stereocenters. The fraction of sp³-hybridized carbons (Fsp3) is 0.375. The highest BCUT2D eigenvalue weighted by molar-refractivity contribution is 5.60. The van der Waals surface area contributed by atoms with E-state index >= 15 is 0 Å². The first-order chi connectivity index (χ1) is 9.36. The Labute approximate surface area is 113 Å². The summed E-state index contributed by atoms with van der Waals surface area (Å²) >= 11 is 0. The van der Waals surface area contributed by atoms with Gasteiger partial charge < -0.3 is 5.73 Å².